The molecule has 0 amide bonds. The minimum atomic E-state index is 0.109. The molecule has 3 heteroatoms. The van der Waals surface area contributed by atoms with Crippen LogP contribution in [0.1, 0.15) is 60.9 Å². The van der Waals surface area contributed by atoms with E-state index in [1.807, 2.05) is 12.1 Å². The first-order valence-electron chi connectivity index (χ1n) is 11.2. The second-order valence-corrected chi connectivity index (χ2v) is 8.24. The molecule has 1 unspecified atom stereocenters. The summed E-state index contributed by atoms with van der Waals surface area (Å²) in [6.07, 6.45) is 2.25. The van der Waals surface area contributed by atoms with Crippen molar-refractivity contribution in [1.82, 2.24) is 4.90 Å². The number of rotatable bonds is 11. The second kappa shape index (κ2) is 11.6. The number of carbonyl (C=O) groups is 1. The van der Waals surface area contributed by atoms with E-state index >= 15 is 0 Å². The van der Waals surface area contributed by atoms with Gasteiger partial charge in [-0.3, -0.25) is 4.90 Å². The molecule has 0 heterocycles. The van der Waals surface area contributed by atoms with Gasteiger partial charge < -0.3 is 9.90 Å². The summed E-state index contributed by atoms with van der Waals surface area (Å²) < 4.78 is 0. The average Bonchev–Trinajstić information content (AvgIpc) is 2.81. The molecule has 0 aliphatic heterocycles. The Bertz CT molecular complexity index is 867. The zero-order valence-electron chi connectivity index (χ0n) is 18.5. The Balaban J connectivity index is 1.96. The van der Waals surface area contributed by atoms with Crippen LogP contribution in [0, 0.1) is 0 Å². The van der Waals surface area contributed by atoms with Crippen molar-refractivity contribution in [2.24, 2.45) is 0 Å². The highest BCUT2D eigenvalue weighted by Crippen LogP contribution is 2.34. The molecule has 0 aliphatic carbocycles. The first-order valence-corrected chi connectivity index (χ1v) is 11.2. The standard InChI is InChI=1S/C28H33NO2/c1-22(2)29(19-21-31)27(14-9-20-30)23-15-17-26(18-16-23)28(24-10-5-3-6-11-24)25-12-7-4-8-13-25/h3-8,10-13,15-18,20,22,27-28,31H,9,14,19,21H2,1-2H3. The number of hydrogen-bond donors (Lipinski definition) is 1. The van der Waals surface area contributed by atoms with Gasteiger partial charge in [-0.1, -0.05) is 84.9 Å². The fraction of sp³-hybridized carbons (Fsp3) is 0.321. The van der Waals surface area contributed by atoms with Crippen molar-refractivity contribution < 1.29 is 9.90 Å². The van der Waals surface area contributed by atoms with Crippen LogP contribution in [0.5, 0.6) is 0 Å². The first-order chi connectivity index (χ1) is 15.2. The molecule has 3 nitrogen and oxygen atoms in total. The Morgan fingerprint density at radius 1 is 0.774 bits per heavy atom. The summed E-state index contributed by atoms with van der Waals surface area (Å²) in [6, 6.07) is 30.4. The molecule has 3 aromatic rings. The molecule has 31 heavy (non-hydrogen) atoms. The largest absolute Gasteiger partial charge is 0.395 e. The molecule has 3 rings (SSSR count). The summed E-state index contributed by atoms with van der Waals surface area (Å²) >= 11 is 0. The lowest BCUT2D eigenvalue weighted by molar-refractivity contribution is -0.108. The van der Waals surface area contributed by atoms with Gasteiger partial charge in [-0.2, -0.15) is 0 Å². The Kier molecular flexibility index (Phi) is 8.57. The number of aliphatic hydroxyl groups excluding tert-OH is 1. The Morgan fingerprint density at radius 3 is 1.71 bits per heavy atom. The molecule has 0 saturated carbocycles. The minimum Gasteiger partial charge on any atom is -0.395 e. The topological polar surface area (TPSA) is 40.5 Å². The van der Waals surface area contributed by atoms with Crippen molar-refractivity contribution in [3.05, 3.63) is 107 Å². The van der Waals surface area contributed by atoms with E-state index < -0.39 is 0 Å². The van der Waals surface area contributed by atoms with Gasteiger partial charge in [0, 0.05) is 31.0 Å². The molecule has 0 spiro atoms. The summed E-state index contributed by atoms with van der Waals surface area (Å²) in [6.45, 7) is 4.98. The van der Waals surface area contributed by atoms with Gasteiger partial charge in [0.05, 0.1) is 6.61 Å². The highest BCUT2D eigenvalue weighted by molar-refractivity contribution is 5.49. The Labute approximate surface area is 186 Å². The lowest BCUT2D eigenvalue weighted by atomic mass is 9.84. The average molecular weight is 416 g/mol. The van der Waals surface area contributed by atoms with Crippen molar-refractivity contribution in [3.63, 3.8) is 0 Å². The fourth-order valence-corrected chi connectivity index (χ4v) is 4.42. The summed E-state index contributed by atoms with van der Waals surface area (Å²) in [5.74, 6) is 0.170. The van der Waals surface area contributed by atoms with E-state index in [2.05, 4.69) is 91.5 Å². The number of hydrogen-bond acceptors (Lipinski definition) is 3. The van der Waals surface area contributed by atoms with Crippen LogP contribution in [0.15, 0.2) is 84.9 Å². The summed E-state index contributed by atoms with van der Waals surface area (Å²) in [5.41, 5.74) is 4.97. The fourth-order valence-electron chi connectivity index (χ4n) is 4.42. The van der Waals surface area contributed by atoms with E-state index in [9.17, 15) is 9.90 Å². The summed E-state index contributed by atoms with van der Waals surface area (Å²) in [4.78, 5) is 13.4. The molecular formula is C28H33NO2. The SMILES string of the molecule is CC(C)N(CCO)C(CCC=O)c1ccc(C(c2ccccc2)c2ccccc2)cc1. The monoisotopic (exact) mass is 415 g/mol. The third-order valence-electron chi connectivity index (χ3n) is 5.90. The van der Waals surface area contributed by atoms with E-state index in [0.29, 0.717) is 13.0 Å². The molecule has 162 valence electrons. The van der Waals surface area contributed by atoms with Crippen molar-refractivity contribution in [2.45, 2.75) is 44.7 Å². The molecule has 0 aromatic heterocycles. The van der Waals surface area contributed by atoms with E-state index in [1.54, 1.807) is 0 Å². The van der Waals surface area contributed by atoms with Crippen molar-refractivity contribution in [2.75, 3.05) is 13.2 Å². The maximum Gasteiger partial charge on any atom is 0.120 e. The van der Waals surface area contributed by atoms with Crippen LogP contribution in [-0.2, 0) is 4.79 Å². The second-order valence-electron chi connectivity index (χ2n) is 8.24. The Morgan fingerprint density at radius 2 is 1.26 bits per heavy atom. The van der Waals surface area contributed by atoms with E-state index in [-0.39, 0.29) is 24.6 Å². The third kappa shape index (κ3) is 5.90. The van der Waals surface area contributed by atoms with Crippen LogP contribution in [-0.4, -0.2) is 35.5 Å². The third-order valence-corrected chi connectivity index (χ3v) is 5.90. The quantitative estimate of drug-likeness (QED) is 0.328. The van der Waals surface area contributed by atoms with Crippen molar-refractivity contribution in [3.8, 4) is 0 Å². The van der Waals surface area contributed by atoms with Gasteiger partial charge in [0.1, 0.15) is 6.29 Å². The smallest absolute Gasteiger partial charge is 0.120 e. The maximum atomic E-state index is 11.1. The number of nitrogens with zero attached hydrogens (tertiary/aromatic N) is 1. The van der Waals surface area contributed by atoms with Crippen LogP contribution in [0.2, 0.25) is 0 Å². The zero-order chi connectivity index (χ0) is 22.1. The number of aldehydes is 1. The van der Waals surface area contributed by atoms with Gasteiger partial charge in [0.25, 0.3) is 0 Å². The van der Waals surface area contributed by atoms with Gasteiger partial charge in [0.15, 0.2) is 0 Å². The van der Waals surface area contributed by atoms with Crippen molar-refractivity contribution in [1.29, 1.82) is 0 Å². The van der Waals surface area contributed by atoms with Crippen LogP contribution in [0.4, 0.5) is 0 Å². The molecule has 3 aromatic carbocycles. The Hall–Kier alpha value is -2.75. The van der Waals surface area contributed by atoms with Gasteiger partial charge in [0.2, 0.25) is 0 Å². The normalized spacial score (nSPS) is 12.5. The van der Waals surface area contributed by atoms with Crippen molar-refractivity contribution >= 4 is 6.29 Å². The van der Waals surface area contributed by atoms with E-state index in [4.69, 9.17) is 0 Å². The molecule has 0 bridgehead atoms. The number of carbonyl (C=O) groups excluding carboxylic acids is 1. The first kappa shape index (κ1) is 22.9. The van der Waals surface area contributed by atoms with Crippen LogP contribution < -0.4 is 0 Å². The number of aliphatic hydroxyl groups is 1. The van der Waals surface area contributed by atoms with E-state index in [0.717, 1.165) is 12.7 Å². The molecule has 1 N–H and O–H groups in total. The number of benzene rings is 3. The van der Waals surface area contributed by atoms with Gasteiger partial charge in [-0.15, -0.1) is 0 Å². The molecule has 0 aliphatic rings. The summed E-state index contributed by atoms with van der Waals surface area (Å²) in [7, 11) is 0. The lowest BCUT2D eigenvalue weighted by Crippen LogP contribution is -2.37. The lowest BCUT2D eigenvalue weighted by Gasteiger charge is -2.35. The highest BCUT2D eigenvalue weighted by atomic mass is 16.3. The van der Waals surface area contributed by atoms with Crippen LogP contribution in [0.3, 0.4) is 0 Å². The minimum absolute atomic E-state index is 0.109. The van der Waals surface area contributed by atoms with Crippen LogP contribution >= 0.6 is 0 Å². The molecule has 0 saturated heterocycles. The van der Waals surface area contributed by atoms with E-state index in [1.165, 1.54) is 22.3 Å². The highest BCUT2D eigenvalue weighted by Gasteiger charge is 2.23. The maximum absolute atomic E-state index is 11.1. The predicted molar refractivity (Wildman–Crippen MR) is 127 cm³/mol. The molecule has 0 radical (unpaired) electrons. The predicted octanol–water partition coefficient (Wildman–Crippen LogP) is 5.59. The molecule has 0 fully saturated rings. The summed E-state index contributed by atoms with van der Waals surface area (Å²) in [5, 5.41) is 9.56. The van der Waals surface area contributed by atoms with Gasteiger partial charge in [-0.05, 0) is 42.5 Å². The van der Waals surface area contributed by atoms with Crippen LogP contribution in [0.25, 0.3) is 0 Å². The zero-order valence-corrected chi connectivity index (χ0v) is 18.5. The molecular weight excluding hydrogens is 382 g/mol. The molecule has 1 atom stereocenters. The van der Waals surface area contributed by atoms with Gasteiger partial charge in [-0.25, -0.2) is 0 Å². The van der Waals surface area contributed by atoms with Gasteiger partial charge >= 0.3 is 0 Å².